The molecular weight excluding hydrogens is 224 g/mol. The fourth-order valence-electron chi connectivity index (χ4n) is 1.20. The number of hydrogen-bond donors (Lipinski definition) is 0. The van der Waals surface area contributed by atoms with Gasteiger partial charge in [-0.3, -0.25) is 4.79 Å². The fourth-order valence-corrected chi connectivity index (χ4v) is 1.43. The third-order valence-corrected chi connectivity index (χ3v) is 2.08. The zero-order valence-corrected chi connectivity index (χ0v) is 8.48. The van der Waals surface area contributed by atoms with Crippen LogP contribution in [-0.4, -0.2) is 5.78 Å². The predicted molar refractivity (Wildman–Crippen MR) is 51.1 cm³/mol. The largest absolute Gasteiger partial charge is 0.294 e. The summed E-state index contributed by atoms with van der Waals surface area (Å²) in [6.07, 6.45) is -2.82. The van der Waals surface area contributed by atoms with Crippen molar-refractivity contribution in [2.24, 2.45) is 0 Å². The number of benzene rings is 1. The van der Waals surface area contributed by atoms with Crippen LogP contribution < -0.4 is 0 Å². The highest BCUT2D eigenvalue weighted by atomic mass is 35.5. The minimum atomic E-state index is -2.82. The SMILES string of the molecule is CC(=O)c1cc(Cl)cc(C(F)F)c1C#N. The summed E-state index contributed by atoms with van der Waals surface area (Å²) in [6.45, 7) is 1.20. The second-order valence-electron chi connectivity index (χ2n) is 2.89. The van der Waals surface area contributed by atoms with Crippen LogP contribution in [-0.2, 0) is 0 Å². The van der Waals surface area contributed by atoms with Gasteiger partial charge in [0.15, 0.2) is 5.78 Å². The molecule has 0 N–H and O–H groups in total. The smallest absolute Gasteiger partial charge is 0.265 e. The van der Waals surface area contributed by atoms with Gasteiger partial charge in [-0.2, -0.15) is 5.26 Å². The van der Waals surface area contributed by atoms with E-state index in [4.69, 9.17) is 16.9 Å². The van der Waals surface area contributed by atoms with Gasteiger partial charge in [0.25, 0.3) is 6.43 Å². The summed E-state index contributed by atoms with van der Waals surface area (Å²) >= 11 is 5.57. The van der Waals surface area contributed by atoms with E-state index in [0.29, 0.717) is 0 Å². The van der Waals surface area contributed by atoms with Gasteiger partial charge in [0.1, 0.15) is 6.07 Å². The third-order valence-electron chi connectivity index (χ3n) is 1.86. The summed E-state index contributed by atoms with van der Waals surface area (Å²) in [5.41, 5.74) is -0.877. The first-order valence-corrected chi connectivity index (χ1v) is 4.37. The summed E-state index contributed by atoms with van der Waals surface area (Å²) in [6, 6.07) is 3.81. The van der Waals surface area contributed by atoms with Gasteiger partial charge in [0.05, 0.1) is 5.56 Å². The molecule has 0 aliphatic rings. The quantitative estimate of drug-likeness (QED) is 0.730. The van der Waals surface area contributed by atoms with Crippen LogP contribution in [0.4, 0.5) is 8.78 Å². The van der Waals surface area contributed by atoms with Gasteiger partial charge in [-0.1, -0.05) is 11.6 Å². The molecule has 0 bridgehead atoms. The summed E-state index contributed by atoms with van der Waals surface area (Å²) in [7, 11) is 0. The van der Waals surface area contributed by atoms with Gasteiger partial charge in [-0.05, 0) is 19.1 Å². The van der Waals surface area contributed by atoms with Crippen molar-refractivity contribution >= 4 is 17.4 Å². The van der Waals surface area contributed by atoms with E-state index in [1.165, 1.54) is 13.0 Å². The predicted octanol–water partition coefficient (Wildman–Crippen LogP) is 3.35. The van der Waals surface area contributed by atoms with Crippen LogP contribution >= 0.6 is 11.6 Å². The lowest BCUT2D eigenvalue weighted by atomic mass is 10.00. The van der Waals surface area contributed by atoms with Gasteiger partial charge >= 0.3 is 0 Å². The van der Waals surface area contributed by atoms with Crippen LogP contribution in [0.1, 0.15) is 34.8 Å². The Morgan fingerprint density at radius 3 is 2.53 bits per heavy atom. The van der Waals surface area contributed by atoms with Gasteiger partial charge in [-0.15, -0.1) is 0 Å². The number of halogens is 3. The molecule has 1 aromatic rings. The minimum Gasteiger partial charge on any atom is -0.294 e. The van der Waals surface area contributed by atoms with Crippen LogP contribution in [0.25, 0.3) is 0 Å². The van der Waals surface area contributed by atoms with E-state index >= 15 is 0 Å². The molecule has 0 aromatic heterocycles. The molecule has 0 aliphatic carbocycles. The Kier molecular flexibility index (Phi) is 3.38. The molecule has 1 rings (SSSR count). The number of rotatable bonds is 2. The number of ketones is 1. The van der Waals surface area contributed by atoms with E-state index in [9.17, 15) is 13.6 Å². The lowest BCUT2D eigenvalue weighted by Crippen LogP contribution is -2.01. The zero-order valence-electron chi connectivity index (χ0n) is 7.72. The number of carbonyl (C=O) groups excluding carboxylic acids is 1. The van der Waals surface area contributed by atoms with Crippen molar-refractivity contribution in [3.63, 3.8) is 0 Å². The zero-order chi connectivity index (χ0) is 11.6. The molecular formula is C10H6ClF2NO. The van der Waals surface area contributed by atoms with E-state index in [-0.39, 0.29) is 16.1 Å². The van der Waals surface area contributed by atoms with Crippen molar-refractivity contribution < 1.29 is 13.6 Å². The molecule has 1 aromatic carbocycles. The molecule has 0 amide bonds. The van der Waals surface area contributed by atoms with Gasteiger partial charge in [-0.25, -0.2) is 8.78 Å². The Hall–Kier alpha value is -1.47. The van der Waals surface area contributed by atoms with Crippen LogP contribution in [0.5, 0.6) is 0 Å². The molecule has 0 atom stereocenters. The lowest BCUT2D eigenvalue weighted by molar-refractivity contribution is 0.101. The Labute approximate surface area is 90.1 Å². The first-order valence-electron chi connectivity index (χ1n) is 4.00. The monoisotopic (exact) mass is 229 g/mol. The van der Waals surface area contributed by atoms with Gasteiger partial charge in [0.2, 0.25) is 0 Å². The highest BCUT2D eigenvalue weighted by molar-refractivity contribution is 6.31. The Bertz CT molecular complexity index is 451. The number of hydrogen-bond acceptors (Lipinski definition) is 2. The minimum absolute atomic E-state index is 0.0227. The van der Waals surface area contributed by atoms with Gasteiger partial charge < -0.3 is 0 Å². The van der Waals surface area contributed by atoms with E-state index in [1.807, 2.05) is 0 Å². The Balaban J connectivity index is 3.54. The summed E-state index contributed by atoms with van der Waals surface area (Å²) in [5.74, 6) is -0.462. The molecule has 0 unspecified atom stereocenters. The van der Waals surface area contributed by atoms with E-state index in [0.717, 1.165) is 6.07 Å². The molecule has 78 valence electrons. The summed E-state index contributed by atoms with van der Waals surface area (Å²) in [4.78, 5) is 11.1. The maximum absolute atomic E-state index is 12.5. The van der Waals surface area contributed by atoms with Crippen molar-refractivity contribution in [2.45, 2.75) is 13.3 Å². The first-order chi connectivity index (χ1) is 6.97. The topological polar surface area (TPSA) is 40.9 Å². The first kappa shape index (κ1) is 11.6. The van der Waals surface area contributed by atoms with Crippen LogP contribution in [0.15, 0.2) is 12.1 Å². The molecule has 0 fully saturated rings. The maximum atomic E-state index is 12.5. The van der Waals surface area contributed by atoms with Crippen LogP contribution in [0.3, 0.4) is 0 Å². The van der Waals surface area contributed by atoms with E-state index in [1.54, 1.807) is 6.07 Å². The van der Waals surface area contributed by atoms with Crippen LogP contribution in [0, 0.1) is 11.3 Å². The average molecular weight is 230 g/mol. The second-order valence-corrected chi connectivity index (χ2v) is 3.32. The third kappa shape index (κ3) is 2.31. The van der Waals surface area contributed by atoms with Crippen molar-refractivity contribution in [1.82, 2.24) is 0 Å². The highest BCUT2D eigenvalue weighted by Gasteiger charge is 2.19. The maximum Gasteiger partial charge on any atom is 0.265 e. The van der Waals surface area contributed by atoms with Gasteiger partial charge in [0, 0.05) is 16.1 Å². The van der Waals surface area contributed by atoms with Crippen LogP contribution in [0.2, 0.25) is 5.02 Å². The standard InChI is InChI=1S/C10H6ClF2NO/c1-5(15)7-2-6(11)3-8(10(12)13)9(7)4-14/h2-3,10H,1H3. The van der Waals surface area contributed by atoms with Crippen molar-refractivity contribution in [2.75, 3.05) is 0 Å². The number of Topliss-reactive ketones (excluding diaryl/α,β-unsaturated/α-hetero) is 1. The molecule has 5 heteroatoms. The van der Waals surface area contributed by atoms with Crippen molar-refractivity contribution in [1.29, 1.82) is 5.26 Å². The second kappa shape index (κ2) is 4.37. The molecule has 2 nitrogen and oxygen atoms in total. The molecule has 0 saturated carbocycles. The summed E-state index contributed by atoms with van der Waals surface area (Å²) in [5, 5.41) is 8.73. The van der Waals surface area contributed by atoms with E-state index < -0.39 is 17.8 Å². The number of carbonyl (C=O) groups is 1. The van der Waals surface area contributed by atoms with Crippen molar-refractivity contribution in [3.05, 3.63) is 33.8 Å². The fraction of sp³-hybridized carbons (Fsp3) is 0.200. The Morgan fingerprint density at radius 2 is 2.13 bits per heavy atom. The number of nitriles is 1. The molecule has 0 spiro atoms. The van der Waals surface area contributed by atoms with Crippen molar-refractivity contribution in [3.8, 4) is 6.07 Å². The highest BCUT2D eigenvalue weighted by Crippen LogP contribution is 2.28. The average Bonchev–Trinajstić information content (AvgIpc) is 2.16. The normalized spacial score (nSPS) is 10.1. The molecule has 0 heterocycles. The Morgan fingerprint density at radius 1 is 1.53 bits per heavy atom. The molecule has 0 aliphatic heterocycles. The number of alkyl halides is 2. The summed E-state index contributed by atoms with van der Waals surface area (Å²) < 4.78 is 25.0. The molecule has 0 radical (unpaired) electrons. The number of nitrogens with zero attached hydrogens (tertiary/aromatic N) is 1. The molecule has 0 saturated heterocycles. The lowest BCUT2D eigenvalue weighted by Gasteiger charge is -2.07. The molecule has 15 heavy (non-hydrogen) atoms. The van der Waals surface area contributed by atoms with E-state index in [2.05, 4.69) is 0 Å².